The molecule has 29 heavy (non-hydrogen) atoms. The highest BCUT2D eigenvalue weighted by atomic mass is 35.5. The lowest BCUT2D eigenvalue weighted by atomic mass is 10.0. The quantitative estimate of drug-likeness (QED) is 0.400. The highest BCUT2D eigenvalue weighted by Gasteiger charge is 2.30. The van der Waals surface area contributed by atoms with Crippen LogP contribution in [0.4, 0.5) is 0 Å². The Bertz CT molecular complexity index is 1150. The second kappa shape index (κ2) is 8.11. The number of rotatable bonds is 4. The molecule has 0 aromatic heterocycles. The van der Waals surface area contributed by atoms with E-state index < -0.39 is 0 Å². The first-order chi connectivity index (χ1) is 13.9. The summed E-state index contributed by atoms with van der Waals surface area (Å²) in [6.07, 6.45) is 1.68. The normalized spacial score (nSPS) is 14.1. The number of hydrogen-bond acceptors (Lipinski definition) is 3. The first-order valence-corrected chi connectivity index (χ1v) is 9.95. The van der Waals surface area contributed by atoms with Crippen molar-refractivity contribution in [2.75, 3.05) is 0 Å². The van der Waals surface area contributed by atoms with Gasteiger partial charge in [0.05, 0.1) is 5.56 Å². The minimum Gasteiger partial charge on any atom is -0.489 e. The van der Waals surface area contributed by atoms with Gasteiger partial charge in [0.15, 0.2) is 5.76 Å². The van der Waals surface area contributed by atoms with Crippen LogP contribution in [0.5, 0.6) is 11.5 Å². The minimum atomic E-state index is -0.162. The summed E-state index contributed by atoms with van der Waals surface area (Å²) in [5, 5.41) is 1.70. The molecule has 1 aliphatic heterocycles. The molecule has 6 heteroatoms. The predicted octanol–water partition coefficient (Wildman–Crippen LogP) is 7.15. The van der Waals surface area contributed by atoms with Gasteiger partial charge in [0.1, 0.15) is 18.1 Å². The molecular weight excluding hydrogens is 431 g/mol. The van der Waals surface area contributed by atoms with E-state index in [0.717, 1.165) is 16.7 Å². The fraction of sp³-hybridized carbons (Fsp3) is 0.0870. The lowest BCUT2D eigenvalue weighted by Gasteiger charge is -2.10. The summed E-state index contributed by atoms with van der Waals surface area (Å²) in [6.45, 7) is 2.12. The topological polar surface area (TPSA) is 35.5 Å². The van der Waals surface area contributed by atoms with Gasteiger partial charge in [-0.25, -0.2) is 0 Å². The van der Waals surface area contributed by atoms with Crippen LogP contribution >= 0.6 is 34.8 Å². The molecular formula is C23H15Cl3O3. The molecule has 0 saturated heterocycles. The second-order valence-electron chi connectivity index (χ2n) is 6.63. The fourth-order valence-corrected chi connectivity index (χ4v) is 3.77. The number of benzene rings is 3. The van der Waals surface area contributed by atoms with Crippen LogP contribution in [0.3, 0.4) is 0 Å². The number of ketones is 1. The van der Waals surface area contributed by atoms with Gasteiger partial charge in [-0.15, -0.1) is 0 Å². The maximum absolute atomic E-state index is 12.8. The molecule has 0 aliphatic carbocycles. The van der Waals surface area contributed by atoms with Crippen molar-refractivity contribution in [3.05, 3.63) is 97.7 Å². The van der Waals surface area contributed by atoms with Gasteiger partial charge in [-0.2, -0.15) is 0 Å². The van der Waals surface area contributed by atoms with E-state index in [4.69, 9.17) is 44.3 Å². The maximum Gasteiger partial charge on any atom is 0.232 e. The number of ether oxygens (including phenoxy) is 2. The number of allylic oxidation sites excluding steroid dienone is 1. The van der Waals surface area contributed by atoms with Crippen LogP contribution in [-0.4, -0.2) is 5.78 Å². The van der Waals surface area contributed by atoms with Crippen molar-refractivity contribution in [1.29, 1.82) is 0 Å². The molecule has 1 aliphatic rings. The fourth-order valence-electron chi connectivity index (χ4n) is 3.11. The Labute approximate surface area is 183 Å². The molecule has 0 atom stereocenters. The molecule has 3 nitrogen and oxygen atoms in total. The minimum absolute atomic E-state index is 0.162. The van der Waals surface area contributed by atoms with Crippen LogP contribution in [0, 0.1) is 6.92 Å². The molecule has 0 amide bonds. The Balaban J connectivity index is 1.57. The third-order valence-electron chi connectivity index (χ3n) is 4.50. The number of fused-ring (bicyclic) bond motifs is 1. The van der Waals surface area contributed by atoms with Crippen molar-refractivity contribution < 1.29 is 14.3 Å². The Kier molecular flexibility index (Phi) is 5.55. The van der Waals surface area contributed by atoms with Gasteiger partial charge < -0.3 is 9.47 Å². The van der Waals surface area contributed by atoms with Gasteiger partial charge in [-0.05, 0) is 54.5 Å². The molecule has 0 radical (unpaired) electrons. The first-order valence-electron chi connectivity index (χ1n) is 8.82. The first kappa shape index (κ1) is 19.8. The molecule has 0 unspecified atom stereocenters. The average molecular weight is 446 g/mol. The van der Waals surface area contributed by atoms with E-state index in [1.165, 1.54) is 0 Å². The van der Waals surface area contributed by atoms with Gasteiger partial charge in [0, 0.05) is 26.7 Å². The van der Waals surface area contributed by atoms with Gasteiger partial charge in [-0.1, -0.05) is 53.0 Å². The zero-order chi connectivity index (χ0) is 20.5. The summed E-state index contributed by atoms with van der Waals surface area (Å²) in [6, 6.07) is 16.0. The summed E-state index contributed by atoms with van der Waals surface area (Å²) in [4.78, 5) is 12.8. The van der Waals surface area contributed by atoms with Crippen molar-refractivity contribution in [2.24, 2.45) is 0 Å². The van der Waals surface area contributed by atoms with Crippen LogP contribution < -0.4 is 9.47 Å². The predicted molar refractivity (Wildman–Crippen MR) is 116 cm³/mol. The van der Waals surface area contributed by atoms with E-state index in [9.17, 15) is 4.79 Å². The maximum atomic E-state index is 12.8. The molecule has 0 bridgehead atoms. The van der Waals surface area contributed by atoms with Gasteiger partial charge in [0.2, 0.25) is 5.78 Å². The summed E-state index contributed by atoms with van der Waals surface area (Å²) in [7, 11) is 0. The zero-order valence-corrected chi connectivity index (χ0v) is 17.6. The van der Waals surface area contributed by atoms with E-state index in [2.05, 4.69) is 0 Å². The number of Topliss-reactive ketones (excluding diaryl/α,β-unsaturated/α-hetero) is 1. The molecule has 3 aromatic carbocycles. The Morgan fingerprint density at radius 2 is 1.79 bits per heavy atom. The van der Waals surface area contributed by atoms with Crippen molar-refractivity contribution in [3.8, 4) is 11.5 Å². The Morgan fingerprint density at radius 1 is 1.00 bits per heavy atom. The molecule has 0 fully saturated rings. The Hall–Kier alpha value is -2.46. The molecule has 0 N–H and O–H groups in total. The lowest BCUT2D eigenvalue weighted by Crippen LogP contribution is -2.00. The zero-order valence-electron chi connectivity index (χ0n) is 15.3. The van der Waals surface area contributed by atoms with Crippen LogP contribution in [0.15, 0.2) is 60.4 Å². The molecule has 3 aromatic rings. The summed E-state index contributed by atoms with van der Waals surface area (Å²) in [5.74, 6) is 1.15. The number of hydrogen-bond donors (Lipinski definition) is 0. The number of carbonyl (C=O) groups excluding carboxylic acids is 1. The highest BCUT2D eigenvalue weighted by Crippen LogP contribution is 2.38. The molecule has 4 rings (SSSR count). The van der Waals surface area contributed by atoms with Crippen LogP contribution in [0.1, 0.15) is 27.0 Å². The number of carbonyl (C=O) groups is 1. The summed E-state index contributed by atoms with van der Waals surface area (Å²) < 4.78 is 11.7. The highest BCUT2D eigenvalue weighted by molar-refractivity contribution is 6.35. The Morgan fingerprint density at radius 3 is 2.55 bits per heavy atom. The van der Waals surface area contributed by atoms with Crippen molar-refractivity contribution >= 4 is 46.7 Å². The van der Waals surface area contributed by atoms with E-state index in [1.54, 1.807) is 36.4 Å². The van der Waals surface area contributed by atoms with Gasteiger partial charge >= 0.3 is 0 Å². The molecule has 1 heterocycles. The lowest BCUT2D eigenvalue weighted by molar-refractivity contribution is 0.101. The van der Waals surface area contributed by atoms with Crippen molar-refractivity contribution in [2.45, 2.75) is 13.5 Å². The third-order valence-corrected chi connectivity index (χ3v) is 5.32. The van der Waals surface area contributed by atoms with E-state index in [0.29, 0.717) is 32.1 Å². The molecule has 0 spiro atoms. The third kappa shape index (κ3) is 4.27. The monoisotopic (exact) mass is 444 g/mol. The van der Waals surface area contributed by atoms with E-state index in [-0.39, 0.29) is 18.1 Å². The van der Waals surface area contributed by atoms with Crippen molar-refractivity contribution in [3.63, 3.8) is 0 Å². The molecule has 146 valence electrons. The average Bonchev–Trinajstić information content (AvgIpc) is 2.97. The van der Waals surface area contributed by atoms with E-state index >= 15 is 0 Å². The van der Waals surface area contributed by atoms with Gasteiger partial charge in [-0.3, -0.25) is 4.79 Å². The van der Waals surface area contributed by atoms with Crippen LogP contribution in [0.25, 0.3) is 6.08 Å². The number of halogens is 3. The standard InChI is InChI=1S/C23H15Cl3O3/c1-13-7-18(28-12-15-5-6-17(25)10-19(15)26)11-20-22(13)23(27)21(29-20)9-14-3-2-4-16(24)8-14/h2-11H,12H2,1H3/b21-9-. The number of aryl methyl sites for hydroxylation is 1. The van der Waals surface area contributed by atoms with Gasteiger partial charge in [0.25, 0.3) is 0 Å². The second-order valence-corrected chi connectivity index (χ2v) is 7.91. The largest absolute Gasteiger partial charge is 0.489 e. The van der Waals surface area contributed by atoms with Crippen molar-refractivity contribution in [1.82, 2.24) is 0 Å². The van der Waals surface area contributed by atoms with Crippen LogP contribution in [-0.2, 0) is 6.61 Å². The summed E-state index contributed by atoms with van der Waals surface area (Å²) in [5.41, 5.74) is 2.92. The smallest absolute Gasteiger partial charge is 0.232 e. The SMILES string of the molecule is Cc1cc(OCc2ccc(Cl)cc2Cl)cc2c1C(=O)/C(=C/c1cccc(Cl)c1)O2. The summed E-state index contributed by atoms with van der Waals surface area (Å²) >= 11 is 18.1. The van der Waals surface area contributed by atoms with Crippen LogP contribution in [0.2, 0.25) is 15.1 Å². The van der Waals surface area contributed by atoms with E-state index in [1.807, 2.05) is 31.2 Å². The molecule has 0 saturated carbocycles.